The zero-order valence-electron chi connectivity index (χ0n) is 22.8. The molecular formula is C27H37N4O7PS. The van der Waals surface area contributed by atoms with Crippen LogP contribution < -0.4 is 5.09 Å². The lowest BCUT2D eigenvalue weighted by atomic mass is 9.96. The molecule has 1 aliphatic carbocycles. The number of aromatic nitrogens is 3. The summed E-state index contributed by atoms with van der Waals surface area (Å²) in [7, 11) is -3.86. The molecule has 0 bridgehead atoms. The summed E-state index contributed by atoms with van der Waals surface area (Å²) < 4.78 is 25.2. The lowest BCUT2D eigenvalue weighted by Gasteiger charge is -2.23. The number of aromatic amines is 1. The van der Waals surface area contributed by atoms with Gasteiger partial charge in [0, 0.05) is 35.9 Å². The molecule has 5 atom stereocenters. The Labute approximate surface area is 237 Å². The molecule has 1 saturated carbocycles. The third-order valence-electron chi connectivity index (χ3n) is 7.19. The first kappa shape index (κ1) is 30.8. The Kier molecular flexibility index (Phi) is 10.2. The molecule has 1 aliphatic rings. The van der Waals surface area contributed by atoms with Crippen LogP contribution in [-0.4, -0.2) is 73.2 Å². The number of aliphatic hydroxyl groups is 3. The Hall–Kier alpha value is -2.15. The van der Waals surface area contributed by atoms with Gasteiger partial charge in [0.05, 0.1) is 54.2 Å². The van der Waals surface area contributed by atoms with E-state index in [9.17, 15) is 24.7 Å². The Morgan fingerprint density at radius 1 is 1.20 bits per heavy atom. The second-order valence-electron chi connectivity index (χ2n) is 10.6. The summed E-state index contributed by atoms with van der Waals surface area (Å²) in [6.07, 6.45) is 1.48. The second-order valence-corrected chi connectivity index (χ2v) is 13.5. The SMILES string of the molecule is Cc1ncnc2c([C@@H]3C[C@H](COP(=O)(NCc4ccccc4)OCCSC(=O)C(C)(C)CO)[C@@H](O)[C@H]3O)c[nH]c12. The molecule has 3 aromatic rings. The van der Waals surface area contributed by atoms with Crippen LogP contribution in [0.1, 0.15) is 43.0 Å². The molecule has 1 unspecified atom stereocenters. The van der Waals surface area contributed by atoms with E-state index in [-0.39, 0.29) is 37.2 Å². The molecule has 40 heavy (non-hydrogen) atoms. The number of rotatable bonds is 13. The first-order valence-electron chi connectivity index (χ1n) is 13.2. The van der Waals surface area contributed by atoms with Gasteiger partial charge in [0.2, 0.25) is 0 Å². The van der Waals surface area contributed by atoms with Crippen molar-refractivity contribution >= 4 is 35.7 Å². The van der Waals surface area contributed by atoms with Gasteiger partial charge in [-0.2, -0.15) is 0 Å². The van der Waals surface area contributed by atoms with Gasteiger partial charge >= 0.3 is 7.75 Å². The topological polar surface area (TPSA) is 167 Å². The smallest absolute Gasteiger partial charge is 0.395 e. The molecule has 2 heterocycles. The molecule has 5 N–H and O–H groups in total. The molecule has 13 heteroatoms. The quantitative estimate of drug-likeness (QED) is 0.146. The van der Waals surface area contributed by atoms with Gasteiger partial charge in [-0.1, -0.05) is 42.1 Å². The minimum Gasteiger partial charge on any atom is -0.395 e. The number of carbonyl (C=O) groups excluding carboxylic acids is 1. The molecule has 0 amide bonds. The first-order chi connectivity index (χ1) is 19.0. The van der Waals surface area contributed by atoms with E-state index >= 15 is 0 Å². The van der Waals surface area contributed by atoms with Crippen molar-refractivity contribution in [3.63, 3.8) is 0 Å². The highest BCUT2D eigenvalue weighted by atomic mass is 32.2. The summed E-state index contributed by atoms with van der Waals surface area (Å²) in [5.74, 6) is -0.691. The molecule has 0 aliphatic heterocycles. The van der Waals surface area contributed by atoms with Crippen molar-refractivity contribution in [2.75, 3.05) is 25.6 Å². The highest BCUT2D eigenvalue weighted by molar-refractivity contribution is 8.13. The standard InChI is InChI=1S/C27H37N4O7PS/c1-17-22-23(30-16-29-17)21(13-28-22)20-11-19(24(33)25(20)34)14-38-39(36,31-12-18-7-5-4-6-8-18)37-9-10-40-26(35)27(2,3)15-32/h4-8,13,16,19-20,24-25,28,32-34H,9-12,14-15H2,1-3H3,(H,31,36)/t19-,20+,24-,25+,39?/m1/s1. The summed E-state index contributed by atoms with van der Waals surface area (Å²) in [4.78, 5) is 24.0. The van der Waals surface area contributed by atoms with Crippen LogP contribution >= 0.6 is 19.5 Å². The van der Waals surface area contributed by atoms with Crippen molar-refractivity contribution in [1.82, 2.24) is 20.0 Å². The van der Waals surface area contributed by atoms with E-state index in [1.54, 1.807) is 20.0 Å². The monoisotopic (exact) mass is 592 g/mol. The maximum Gasteiger partial charge on any atom is 0.405 e. The van der Waals surface area contributed by atoms with Crippen LogP contribution in [0.5, 0.6) is 0 Å². The molecule has 0 radical (unpaired) electrons. The minimum absolute atomic E-state index is 0.0378. The van der Waals surface area contributed by atoms with Crippen LogP contribution in [-0.2, 0) is 25.0 Å². The lowest BCUT2D eigenvalue weighted by molar-refractivity contribution is -0.119. The summed E-state index contributed by atoms with van der Waals surface area (Å²) in [6.45, 7) is 4.95. The number of aliphatic hydroxyl groups excluding tert-OH is 3. The molecular weight excluding hydrogens is 555 g/mol. The van der Waals surface area contributed by atoms with E-state index < -0.39 is 37.2 Å². The van der Waals surface area contributed by atoms with Crippen molar-refractivity contribution in [3.8, 4) is 0 Å². The summed E-state index contributed by atoms with van der Waals surface area (Å²) in [5.41, 5.74) is 3.02. The van der Waals surface area contributed by atoms with Gasteiger partial charge in [-0.15, -0.1) is 0 Å². The van der Waals surface area contributed by atoms with Gasteiger partial charge in [0.25, 0.3) is 0 Å². The largest absolute Gasteiger partial charge is 0.405 e. The van der Waals surface area contributed by atoms with E-state index in [1.165, 1.54) is 6.33 Å². The van der Waals surface area contributed by atoms with Gasteiger partial charge < -0.3 is 20.3 Å². The van der Waals surface area contributed by atoms with Gasteiger partial charge in [0.1, 0.15) is 6.33 Å². The Morgan fingerprint density at radius 3 is 2.67 bits per heavy atom. The van der Waals surface area contributed by atoms with Crippen LogP contribution in [0.15, 0.2) is 42.9 Å². The number of fused-ring (bicyclic) bond motifs is 1. The Bertz CT molecular complexity index is 1340. The molecule has 1 aromatic carbocycles. The van der Waals surface area contributed by atoms with Crippen LogP contribution in [0, 0.1) is 18.3 Å². The van der Waals surface area contributed by atoms with Crippen LogP contribution in [0.4, 0.5) is 0 Å². The molecule has 1 fully saturated rings. The normalized spacial score (nSPS) is 22.9. The number of nitrogens with zero attached hydrogens (tertiary/aromatic N) is 2. The molecule has 0 spiro atoms. The highest BCUT2D eigenvalue weighted by Gasteiger charge is 2.44. The zero-order valence-corrected chi connectivity index (χ0v) is 24.5. The van der Waals surface area contributed by atoms with Crippen molar-refractivity contribution in [3.05, 3.63) is 59.7 Å². The van der Waals surface area contributed by atoms with Gasteiger partial charge in [0.15, 0.2) is 5.12 Å². The number of carbonyl (C=O) groups is 1. The van der Waals surface area contributed by atoms with Gasteiger partial charge in [-0.05, 0) is 32.8 Å². The fourth-order valence-electron chi connectivity index (χ4n) is 4.62. The van der Waals surface area contributed by atoms with Gasteiger partial charge in [-0.25, -0.2) is 19.6 Å². The van der Waals surface area contributed by atoms with Crippen molar-refractivity contribution in [1.29, 1.82) is 0 Å². The van der Waals surface area contributed by atoms with E-state index in [0.717, 1.165) is 34.1 Å². The number of hydrogen-bond donors (Lipinski definition) is 5. The van der Waals surface area contributed by atoms with E-state index in [2.05, 4.69) is 20.0 Å². The second kappa shape index (κ2) is 13.2. The van der Waals surface area contributed by atoms with E-state index in [4.69, 9.17) is 9.05 Å². The van der Waals surface area contributed by atoms with Crippen molar-refractivity contribution in [2.24, 2.45) is 11.3 Å². The highest BCUT2D eigenvalue weighted by Crippen LogP contribution is 2.48. The van der Waals surface area contributed by atoms with E-state index in [0.29, 0.717) is 11.9 Å². The molecule has 218 valence electrons. The van der Waals surface area contributed by atoms with Crippen molar-refractivity contribution in [2.45, 2.75) is 51.9 Å². The average Bonchev–Trinajstić information content (AvgIpc) is 3.51. The molecule has 2 aromatic heterocycles. The number of aryl methyl sites for hydroxylation is 1. The number of hydrogen-bond acceptors (Lipinski definition) is 10. The van der Waals surface area contributed by atoms with Crippen LogP contribution in [0.2, 0.25) is 0 Å². The molecule has 11 nitrogen and oxygen atoms in total. The first-order valence-corrected chi connectivity index (χ1v) is 15.7. The lowest BCUT2D eigenvalue weighted by Crippen LogP contribution is -2.30. The maximum absolute atomic E-state index is 13.7. The minimum atomic E-state index is -3.86. The predicted molar refractivity (Wildman–Crippen MR) is 153 cm³/mol. The number of benzene rings is 1. The third kappa shape index (κ3) is 7.18. The number of H-pyrrole nitrogens is 1. The zero-order chi connectivity index (χ0) is 28.9. The van der Waals surface area contributed by atoms with E-state index in [1.807, 2.05) is 37.3 Å². The third-order valence-corrected chi connectivity index (χ3v) is 9.93. The van der Waals surface area contributed by atoms with Crippen LogP contribution in [0.25, 0.3) is 11.0 Å². The Balaban J connectivity index is 1.41. The molecule has 0 saturated heterocycles. The number of nitrogens with one attached hydrogen (secondary N) is 2. The summed E-state index contributed by atoms with van der Waals surface area (Å²) in [5, 5.41) is 33.8. The predicted octanol–water partition coefficient (Wildman–Crippen LogP) is 3.30. The fourth-order valence-corrected chi connectivity index (χ4v) is 6.91. The number of thioether (sulfide) groups is 1. The molecule has 4 rings (SSSR count). The van der Waals surface area contributed by atoms with Crippen molar-refractivity contribution < 1.29 is 33.7 Å². The summed E-state index contributed by atoms with van der Waals surface area (Å²) >= 11 is 0.993. The van der Waals surface area contributed by atoms with Crippen LogP contribution in [0.3, 0.4) is 0 Å². The Morgan fingerprint density at radius 2 is 1.95 bits per heavy atom. The summed E-state index contributed by atoms with van der Waals surface area (Å²) in [6, 6.07) is 9.35. The average molecular weight is 593 g/mol. The fraction of sp³-hybridized carbons (Fsp3) is 0.519. The maximum atomic E-state index is 13.7. The van der Waals surface area contributed by atoms with Gasteiger partial charge in [-0.3, -0.25) is 13.8 Å².